The number of carbonyl (C=O) groups is 1. The molecule has 0 aliphatic carbocycles. The van der Waals surface area contributed by atoms with Crippen molar-refractivity contribution in [3.05, 3.63) is 60.7 Å². The molecule has 0 spiro atoms. The summed E-state index contributed by atoms with van der Waals surface area (Å²) in [7, 11) is -4.97. The zero-order valence-corrected chi connectivity index (χ0v) is 15.5. The third-order valence-corrected chi connectivity index (χ3v) is 10.7. The summed E-state index contributed by atoms with van der Waals surface area (Å²) in [6, 6.07) is 20.5. The summed E-state index contributed by atoms with van der Waals surface area (Å²) in [4.78, 5) is 11.4. The first-order valence-electron chi connectivity index (χ1n) is 7.34. The third kappa shape index (κ3) is 3.94. The molecule has 22 heavy (non-hydrogen) atoms. The standard InChI is InChI=1S/C17H22O3Si2/c1-15(18)19-21(2,3)20-22(4,16-11-7-5-8-12-16)17-13-9-6-10-14-17/h5-14H,1-4H3. The average molecular weight is 331 g/mol. The van der Waals surface area contributed by atoms with Gasteiger partial charge in [0.1, 0.15) is 0 Å². The van der Waals surface area contributed by atoms with Gasteiger partial charge in [-0.25, -0.2) is 0 Å². The van der Waals surface area contributed by atoms with Gasteiger partial charge in [0.05, 0.1) is 0 Å². The van der Waals surface area contributed by atoms with Crippen molar-refractivity contribution in [2.24, 2.45) is 0 Å². The van der Waals surface area contributed by atoms with Crippen molar-refractivity contribution in [1.82, 2.24) is 0 Å². The highest BCUT2D eigenvalue weighted by Crippen LogP contribution is 2.17. The smallest absolute Gasteiger partial charge is 0.385 e. The van der Waals surface area contributed by atoms with E-state index >= 15 is 0 Å². The maximum absolute atomic E-state index is 11.4. The number of benzene rings is 2. The highest BCUT2D eigenvalue weighted by atomic mass is 28.4. The lowest BCUT2D eigenvalue weighted by molar-refractivity contribution is -0.133. The van der Waals surface area contributed by atoms with Gasteiger partial charge in [0.15, 0.2) is 0 Å². The summed E-state index contributed by atoms with van der Waals surface area (Å²) in [5, 5.41) is 2.35. The van der Waals surface area contributed by atoms with E-state index < -0.39 is 16.9 Å². The summed E-state index contributed by atoms with van der Waals surface area (Å²) < 4.78 is 12.0. The number of hydrogen-bond acceptors (Lipinski definition) is 3. The molecule has 0 bridgehead atoms. The van der Waals surface area contributed by atoms with E-state index in [0.717, 1.165) is 0 Å². The van der Waals surface area contributed by atoms with Crippen LogP contribution in [-0.2, 0) is 13.3 Å². The zero-order valence-electron chi connectivity index (χ0n) is 13.5. The Labute approximate surface area is 134 Å². The maximum Gasteiger partial charge on any atom is 0.385 e. The second-order valence-corrected chi connectivity index (χ2v) is 12.9. The molecule has 0 amide bonds. The molecule has 0 heterocycles. The van der Waals surface area contributed by atoms with Crippen LogP contribution in [0.4, 0.5) is 0 Å². The topological polar surface area (TPSA) is 35.5 Å². The Morgan fingerprint density at radius 1 is 0.818 bits per heavy atom. The van der Waals surface area contributed by atoms with Gasteiger partial charge < -0.3 is 8.54 Å². The molecule has 2 rings (SSSR count). The van der Waals surface area contributed by atoms with Crippen LogP contribution in [0, 0.1) is 0 Å². The molecule has 2 aromatic carbocycles. The van der Waals surface area contributed by atoms with Crippen molar-refractivity contribution >= 4 is 33.2 Å². The molecule has 0 saturated carbocycles. The Morgan fingerprint density at radius 3 is 1.59 bits per heavy atom. The predicted molar refractivity (Wildman–Crippen MR) is 94.1 cm³/mol. The number of rotatable bonds is 5. The van der Waals surface area contributed by atoms with Crippen molar-refractivity contribution in [1.29, 1.82) is 0 Å². The molecule has 0 N–H and O–H groups in total. The van der Waals surface area contributed by atoms with Gasteiger partial charge in [0, 0.05) is 6.92 Å². The fourth-order valence-electron chi connectivity index (χ4n) is 2.66. The lowest BCUT2D eigenvalue weighted by atomic mass is 10.4. The first-order chi connectivity index (χ1) is 10.3. The van der Waals surface area contributed by atoms with Crippen LogP contribution < -0.4 is 10.4 Å². The van der Waals surface area contributed by atoms with Crippen LogP contribution >= 0.6 is 0 Å². The predicted octanol–water partition coefficient (Wildman–Crippen LogP) is 2.66. The number of carbonyl (C=O) groups excluding carboxylic acids is 1. The summed E-state index contributed by atoms with van der Waals surface area (Å²) in [5.41, 5.74) is 0. The van der Waals surface area contributed by atoms with Gasteiger partial charge >= 0.3 is 8.56 Å². The van der Waals surface area contributed by atoms with E-state index in [9.17, 15) is 4.79 Å². The monoisotopic (exact) mass is 330 g/mol. The molecule has 0 saturated heterocycles. The van der Waals surface area contributed by atoms with E-state index in [2.05, 4.69) is 30.8 Å². The molecule has 2 aromatic rings. The van der Waals surface area contributed by atoms with Crippen molar-refractivity contribution in [2.45, 2.75) is 26.6 Å². The van der Waals surface area contributed by atoms with Gasteiger partial charge in [0.25, 0.3) is 5.97 Å². The fourth-order valence-corrected chi connectivity index (χ4v) is 10.4. The molecule has 0 aromatic heterocycles. The van der Waals surface area contributed by atoms with Crippen molar-refractivity contribution < 1.29 is 13.3 Å². The van der Waals surface area contributed by atoms with Gasteiger partial charge in [0.2, 0.25) is 8.32 Å². The number of hydrogen-bond donors (Lipinski definition) is 0. The van der Waals surface area contributed by atoms with Crippen LogP contribution in [0.25, 0.3) is 0 Å². The van der Waals surface area contributed by atoms with Crippen LogP contribution in [0.15, 0.2) is 60.7 Å². The van der Waals surface area contributed by atoms with Gasteiger partial charge in [-0.1, -0.05) is 60.7 Å². The molecule has 0 atom stereocenters. The highest BCUT2D eigenvalue weighted by molar-refractivity contribution is 7.00. The lowest BCUT2D eigenvalue weighted by Gasteiger charge is -2.35. The fraction of sp³-hybridized carbons (Fsp3) is 0.235. The summed E-state index contributed by atoms with van der Waals surface area (Å²) in [6.07, 6.45) is 0. The Bertz CT molecular complexity index is 587. The Morgan fingerprint density at radius 2 is 1.23 bits per heavy atom. The molecular formula is C17H22O3Si2. The maximum atomic E-state index is 11.4. The average Bonchev–Trinajstić information content (AvgIpc) is 2.47. The molecule has 5 heteroatoms. The van der Waals surface area contributed by atoms with Gasteiger partial charge in [-0.2, -0.15) is 0 Å². The van der Waals surface area contributed by atoms with Crippen LogP contribution in [-0.4, -0.2) is 22.8 Å². The quantitative estimate of drug-likeness (QED) is 0.791. The van der Waals surface area contributed by atoms with E-state index in [1.165, 1.54) is 17.3 Å². The van der Waals surface area contributed by atoms with E-state index in [1.807, 2.05) is 49.5 Å². The van der Waals surface area contributed by atoms with Gasteiger partial charge in [-0.3, -0.25) is 4.79 Å². The Balaban J connectivity index is 2.45. The van der Waals surface area contributed by atoms with E-state index in [4.69, 9.17) is 8.54 Å². The first-order valence-corrected chi connectivity index (χ1v) is 12.6. The van der Waals surface area contributed by atoms with Crippen LogP contribution in [0.1, 0.15) is 6.92 Å². The van der Waals surface area contributed by atoms with Gasteiger partial charge in [-0.15, -0.1) is 0 Å². The minimum absolute atomic E-state index is 0.283. The van der Waals surface area contributed by atoms with E-state index in [1.54, 1.807) is 0 Å². The first kappa shape index (κ1) is 16.7. The Kier molecular flexibility index (Phi) is 5.00. The molecule has 0 fully saturated rings. The lowest BCUT2D eigenvalue weighted by Crippen LogP contribution is -2.63. The van der Waals surface area contributed by atoms with Crippen molar-refractivity contribution in [3.8, 4) is 0 Å². The minimum atomic E-state index is -2.56. The van der Waals surface area contributed by atoms with Gasteiger partial charge in [-0.05, 0) is 30.0 Å². The SMILES string of the molecule is CC(=O)O[Si](C)(C)O[Si](C)(c1ccccc1)c1ccccc1. The normalized spacial score (nSPS) is 12.0. The molecule has 0 unspecified atom stereocenters. The second-order valence-electron chi connectivity index (χ2n) is 5.86. The summed E-state index contributed by atoms with van der Waals surface area (Å²) in [6.45, 7) is 7.44. The van der Waals surface area contributed by atoms with Crippen molar-refractivity contribution in [2.75, 3.05) is 0 Å². The van der Waals surface area contributed by atoms with Crippen LogP contribution in [0.2, 0.25) is 19.6 Å². The zero-order chi connectivity index (χ0) is 16.2. The van der Waals surface area contributed by atoms with Crippen molar-refractivity contribution in [3.63, 3.8) is 0 Å². The van der Waals surface area contributed by atoms with Crippen LogP contribution in [0.5, 0.6) is 0 Å². The molecular weight excluding hydrogens is 308 g/mol. The van der Waals surface area contributed by atoms with Crippen LogP contribution in [0.3, 0.4) is 0 Å². The van der Waals surface area contributed by atoms with E-state index in [0.29, 0.717) is 0 Å². The molecule has 0 aliphatic rings. The van der Waals surface area contributed by atoms with E-state index in [-0.39, 0.29) is 5.97 Å². The molecule has 0 radical (unpaired) electrons. The largest absolute Gasteiger partial charge is 0.495 e. The Hall–Kier alpha value is -1.70. The second kappa shape index (κ2) is 6.60. The molecule has 116 valence electrons. The molecule has 0 aliphatic heterocycles. The highest BCUT2D eigenvalue weighted by Gasteiger charge is 2.42. The summed E-state index contributed by atoms with van der Waals surface area (Å²) >= 11 is 0. The summed E-state index contributed by atoms with van der Waals surface area (Å²) in [5.74, 6) is -0.283. The molecule has 3 nitrogen and oxygen atoms in total. The minimum Gasteiger partial charge on any atom is -0.495 e. The third-order valence-electron chi connectivity index (χ3n) is 3.49.